The van der Waals surface area contributed by atoms with E-state index in [9.17, 15) is 4.79 Å². The van der Waals surface area contributed by atoms with Gasteiger partial charge in [-0.1, -0.05) is 55.3 Å². The van der Waals surface area contributed by atoms with Crippen LogP contribution >= 0.6 is 39.0 Å². The summed E-state index contributed by atoms with van der Waals surface area (Å²) in [6.07, 6.45) is 6.70. The summed E-state index contributed by atoms with van der Waals surface area (Å²) in [5.74, 6) is 1.20. The fourth-order valence-corrected chi connectivity index (χ4v) is 5.70. The lowest BCUT2D eigenvalue weighted by atomic mass is 9.84. The predicted molar refractivity (Wildman–Crippen MR) is 120 cm³/mol. The van der Waals surface area contributed by atoms with Crippen LogP contribution in [0.5, 0.6) is 0 Å². The molecule has 0 saturated heterocycles. The van der Waals surface area contributed by atoms with E-state index in [4.69, 9.17) is 0 Å². The highest BCUT2D eigenvalue weighted by Gasteiger charge is 2.15. The van der Waals surface area contributed by atoms with Crippen molar-refractivity contribution in [2.45, 2.75) is 43.0 Å². The van der Waals surface area contributed by atoms with Crippen molar-refractivity contribution < 1.29 is 4.79 Å². The fraction of sp³-hybridized carbons (Fsp3) is 0.318. The van der Waals surface area contributed by atoms with Gasteiger partial charge in [-0.25, -0.2) is 0 Å². The predicted octanol–water partition coefficient (Wildman–Crippen LogP) is 6.99. The van der Waals surface area contributed by atoms with Crippen LogP contribution in [-0.4, -0.2) is 21.7 Å². The molecule has 6 heteroatoms. The number of carbonyl (C=O) groups is 1. The Morgan fingerprint density at radius 1 is 1.00 bits per heavy atom. The monoisotopic (exact) mass is 472 g/mol. The second-order valence-electron chi connectivity index (χ2n) is 7.03. The minimum absolute atomic E-state index is 0.116. The van der Waals surface area contributed by atoms with Gasteiger partial charge in [-0.05, 0) is 64.5 Å². The highest BCUT2D eigenvalue weighted by molar-refractivity contribution is 9.11. The van der Waals surface area contributed by atoms with Crippen LogP contribution in [0.2, 0.25) is 0 Å². The number of hydrogen-bond acceptors (Lipinski definition) is 5. The first-order chi connectivity index (χ1) is 13.7. The van der Waals surface area contributed by atoms with E-state index >= 15 is 0 Å². The molecule has 3 nitrogen and oxygen atoms in total. The summed E-state index contributed by atoms with van der Waals surface area (Å²) >= 11 is 6.28. The molecule has 1 aliphatic carbocycles. The zero-order valence-corrected chi connectivity index (χ0v) is 18.7. The zero-order chi connectivity index (χ0) is 19.3. The molecule has 1 saturated carbocycles. The standard InChI is InChI=1S/C22H21BrN2OS2/c23-21-12-11-20(28-21)19(26)14-27-22-13-10-18(24-25-22)17-8-6-16(7-9-17)15-4-2-1-3-5-15/h6-13,15H,1-5,14H2. The number of thioether (sulfide) groups is 1. The van der Waals surface area contributed by atoms with Crippen LogP contribution in [0.15, 0.2) is 57.3 Å². The minimum Gasteiger partial charge on any atom is -0.292 e. The van der Waals surface area contributed by atoms with Gasteiger partial charge < -0.3 is 0 Å². The number of thiophene rings is 1. The van der Waals surface area contributed by atoms with Gasteiger partial charge in [0.05, 0.1) is 20.1 Å². The van der Waals surface area contributed by atoms with E-state index in [-0.39, 0.29) is 5.78 Å². The third kappa shape index (κ3) is 4.91. The maximum absolute atomic E-state index is 12.2. The van der Waals surface area contributed by atoms with Gasteiger partial charge in [0.2, 0.25) is 0 Å². The molecule has 0 spiro atoms. The molecular weight excluding hydrogens is 452 g/mol. The van der Waals surface area contributed by atoms with Gasteiger partial charge in [0.1, 0.15) is 5.03 Å². The largest absolute Gasteiger partial charge is 0.292 e. The molecule has 28 heavy (non-hydrogen) atoms. The van der Waals surface area contributed by atoms with Gasteiger partial charge >= 0.3 is 0 Å². The number of hydrogen-bond donors (Lipinski definition) is 0. The highest BCUT2D eigenvalue weighted by atomic mass is 79.9. The van der Waals surface area contributed by atoms with E-state index in [0.29, 0.717) is 11.7 Å². The number of benzene rings is 1. The molecule has 0 atom stereocenters. The van der Waals surface area contributed by atoms with Crippen LogP contribution in [0, 0.1) is 0 Å². The number of halogens is 1. The summed E-state index contributed by atoms with van der Waals surface area (Å²) in [5, 5.41) is 9.42. The van der Waals surface area contributed by atoms with Gasteiger partial charge in [0.25, 0.3) is 0 Å². The van der Waals surface area contributed by atoms with Gasteiger partial charge in [0, 0.05) is 5.56 Å². The topological polar surface area (TPSA) is 42.9 Å². The molecule has 4 rings (SSSR count). The van der Waals surface area contributed by atoms with E-state index in [1.165, 1.54) is 60.8 Å². The first-order valence-electron chi connectivity index (χ1n) is 9.54. The van der Waals surface area contributed by atoms with Gasteiger partial charge in [-0.3, -0.25) is 4.79 Å². The van der Waals surface area contributed by atoms with E-state index in [1.54, 1.807) is 0 Å². The van der Waals surface area contributed by atoms with Crippen molar-refractivity contribution in [3.8, 4) is 11.3 Å². The summed E-state index contributed by atoms with van der Waals surface area (Å²) < 4.78 is 0.972. The molecule has 1 fully saturated rings. The Morgan fingerprint density at radius 2 is 1.79 bits per heavy atom. The maximum Gasteiger partial charge on any atom is 0.183 e. The lowest BCUT2D eigenvalue weighted by Gasteiger charge is -2.22. The van der Waals surface area contributed by atoms with Crippen molar-refractivity contribution in [3.63, 3.8) is 0 Å². The highest BCUT2D eigenvalue weighted by Crippen LogP contribution is 2.33. The van der Waals surface area contributed by atoms with Crippen molar-refractivity contribution in [1.82, 2.24) is 10.2 Å². The number of carbonyl (C=O) groups excluding carboxylic acids is 1. The summed E-state index contributed by atoms with van der Waals surface area (Å²) in [6.45, 7) is 0. The Bertz CT molecular complexity index is 932. The maximum atomic E-state index is 12.2. The minimum atomic E-state index is 0.116. The third-order valence-electron chi connectivity index (χ3n) is 5.12. The van der Waals surface area contributed by atoms with Crippen LogP contribution < -0.4 is 0 Å². The smallest absolute Gasteiger partial charge is 0.183 e. The van der Waals surface area contributed by atoms with Crippen molar-refractivity contribution in [2.75, 3.05) is 5.75 Å². The molecule has 0 radical (unpaired) electrons. The van der Waals surface area contributed by atoms with Crippen molar-refractivity contribution in [1.29, 1.82) is 0 Å². The SMILES string of the molecule is O=C(CSc1ccc(-c2ccc(C3CCCCC3)cc2)nn1)c1ccc(Br)s1. The Kier molecular flexibility index (Phi) is 6.60. The number of aromatic nitrogens is 2. The first-order valence-corrected chi connectivity index (χ1v) is 12.1. The van der Waals surface area contributed by atoms with Crippen LogP contribution in [0.3, 0.4) is 0 Å². The number of Topliss-reactive ketones (excluding diaryl/α,β-unsaturated/α-hetero) is 1. The molecule has 0 amide bonds. The van der Waals surface area contributed by atoms with E-state index < -0.39 is 0 Å². The van der Waals surface area contributed by atoms with Crippen LogP contribution in [-0.2, 0) is 0 Å². The Balaban J connectivity index is 1.36. The van der Waals surface area contributed by atoms with Gasteiger partial charge in [0.15, 0.2) is 5.78 Å². The normalized spacial score (nSPS) is 14.9. The number of nitrogens with zero attached hydrogens (tertiary/aromatic N) is 2. The molecule has 0 unspecified atom stereocenters. The molecule has 2 heterocycles. The molecule has 0 N–H and O–H groups in total. The van der Waals surface area contributed by atoms with Crippen LogP contribution in [0.1, 0.15) is 53.3 Å². The van der Waals surface area contributed by atoms with E-state index in [0.717, 1.165) is 24.9 Å². The van der Waals surface area contributed by atoms with E-state index in [2.05, 4.69) is 50.4 Å². The van der Waals surface area contributed by atoms with Gasteiger partial charge in [-0.15, -0.1) is 21.5 Å². The molecule has 2 aromatic heterocycles. The second kappa shape index (κ2) is 9.33. The summed E-state index contributed by atoms with van der Waals surface area (Å²) in [6, 6.07) is 16.5. The average Bonchev–Trinajstić information content (AvgIpc) is 3.20. The lowest BCUT2D eigenvalue weighted by Crippen LogP contribution is -2.04. The lowest BCUT2D eigenvalue weighted by molar-refractivity contribution is 0.102. The molecular formula is C22H21BrN2OS2. The summed E-state index contributed by atoms with van der Waals surface area (Å²) in [7, 11) is 0. The summed E-state index contributed by atoms with van der Waals surface area (Å²) in [4.78, 5) is 13.0. The van der Waals surface area contributed by atoms with Crippen LogP contribution in [0.25, 0.3) is 11.3 Å². The molecule has 1 aliphatic rings. The van der Waals surface area contributed by atoms with Crippen LogP contribution in [0.4, 0.5) is 0 Å². The quantitative estimate of drug-likeness (QED) is 0.286. The molecule has 0 bridgehead atoms. The summed E-state index contributed by atoms with van der Waals surface area (Å²) in [5.41, 5.74) is 3.40. The molecule has 1 aromatic carbocycles. The van der Waals surface area contributed by atoms with Gasteiger partial charge in [-0.2, -0.15) is 0 Å². The number of rotatable bonds is 6. The molecule has 0 aliphatic heterocycles. The van der Waals surface area contributed by atoms with Crippen molar-refractivity contribution in [3.05, 3.63) is 62.8 Å². The Morgan fingerprint density at radius 3 is 2.43 bits per heavy atom. The van der Waals surface area contributed by atoms with Crippen molar-refractivity contribution >= 4 is 44.8 Å². The van der Waals surface area contributed by atoms with E-state index in [1.807, 2.05) is 24.3 Å². The Labute approximate surface area is 182 Å². The molecule has 3 aromatic rings. The average molecular weight is 473 g/mol. The fourth-order valence-electron chi connectivity index (χ4n) is 3.59. The van der Waals surface area contributed by atoms with Crippen molar-refractivity contribution in [2.24, 2.45) is 0 Å². The first kappa shape index (κ1) is 19.8. The third-order valence-corrected chi connectivity index (χ3v) is 7.71. The molecule has 144 valence electrons. The number of ketones is 1. The second-order valence-corrected chi connectivity index (χ2v) is 10.5. The zero-order valence-electron chi connectivity index (χ0n) is 15.4. The Hall–Kier alpha value is -1.50.